The van der Waals surface area contributed by atoms with Crippen molar-refractivity contribution in [1.82, 2.24) is 0 Å². The van der Waals surface area contributed by atoms with Gasteiger partial charge in [-0.25, -0.2) is 0 Å². The van der Waals surface area contributed by atoms with Crippen LogP contribution in [0.15, 0.2) is 30.3 Å². The highest BCUT2D eigenvalue weighted by Gasteiger charge is 2.64. The highest BCUT2D eigenvalue weighted by Crippen LogP contribution is 2.81. The van der Waals surface area contributed by atoms with Gasteiger partial charge >= 0.3 is 0 Å². The molecule has 8 saturated carbocycles. The lowest BCUT2D eigenvalue weighted by Gasteiger charge is -2.64. The number of benzene rings is 1. The Kier molecular flexibility index (Phi) is 3.43. The van der Waals surface area contributed by atoms with Gasteiger partial charge in [-0.15, -0.1) is 0 Å². The molecule has 8 aliphatic carbocycles. The number of hydrogen-bond acceptors (Lipinski definition) is 0. The van der Waals surface area contributed by atoms with Crippen LogP contribution in [0.5, 0.6) is 0 Å². The van der Waals surface area contributed by atoms with Crippen molar-refractivity contribution in [3.05, 3.63) is 35.9 Å². The summed E-state index contributed by atoms with van der Waals surface area (Å²) in [5.41, 5.74) is 1.68. The van der Waals surface area contributed by atoms with Crippen molar-refractivity contribution in [3.8, 4) is 0 Å². The number of hydrogen-bond donors (Lipinski definition) is 0. The zero-order chi connectivity index (χ0) is 17.6. The van der Waals surface area contributed by atoms with Gasteiger partial charge in [0.15, 0.2) is 0 Å². The molecular formula is C26H35P. The van der Waals surface area contributed by atoms with Gasteiger partial charge in [-0.05, 0) is 128 Å². The first-order valence-electron chi connectivity index (χ1n) is 12.0. The van der Waals surface area contributed by atoms with Gasteiger partial charge in [-0.1, -0.05) is 38.3 Å². The molecule has 1 aromatic carbocycles. The molecule has 27 heavy (non-hydrogen) atoms. The van der Waals surface area contributed by atoms with Crippen LogP contribution in [0.1, 0.15) is 76.2 Å². The van der Waals surface area contributed by atoms with E-state index in [2.05, 4.69) is 30.3 Å². The number of rotatable bonds is 4. The maximum absolute atomic E-state index is 2.46. The van der Waals surface area contributed by atoms with E-state index in [1.807, 2.05) is 0 Å². The Morgan fingerprint density at radius 2 is 1.11 bits per heavy atom. The molecule has 8 bridgehead atoms. The summed E-state index contributed by atoms with van der Waals surface area (Å²) >= 11 is 0. The molecule has 0 aliphatic heterocycles. The van der Waals surface area contributed by atoms with E-state index in [1.165, 1.54) is 6.16 Å². The molecule has 0 aromatic heterocycles. The predicted octanol–water partition coefficient (Wildman–Crippen LogP) is 7.22. The smallest absolute Gasteiger partial charge is 0.00631 e. The van der Waals surface area contributed by atoms with Crippen LogP contribution in [-0.2, 0) is 6.16 Å². The van der Waals surface area contributed by atoms with Gasteiger partial charge in [-0.3, -0.25) is 0 Å². The van der Waals surface area contributed by atoms with E-state index in [1.54, 1.807) is 76.2 Å². The normalized spacial score (nSPS) is 52.6. The van der Waals surface area contributed by atoms with Crippen LogP contribution in [-0.4, -0.2) is 10.3 Å². The molecule has 1 aromatic rings. The average molecular weight is 379 g/mol. The summed E-state index contributed by atoms with van der Waals surface area (Å²) in [6.07, 6.45) is 19.4. The molecule has 3 unspecified atom stereocenters. The molecule has 0 radical (unpaired) electrons. The monoisotopic (exact) mass is 378 g/mol. The van der Waals surface area contributed by atoms with E-state index in [9.17, 15) is 0 Å². The van der Waals surface area contributed by atoms with Gasteiger partial charge in [0.2, 0.25) is 0 Å². The zero-order valence-electron chi connectivity index (χ0n) is 16.8. The Bertz CT molecular complexity index is 681. The van der Waals surface area contributed by atoms with Gasteiger partial charge in [0.1, 0.15) is 0 Å². The van der Waals surface area contributed by atoms with Crippen LogP contribution in [0.4, 0.5) is 0 Å². The van der Waals surface area contributed by atoms with Gasteiger partial charge in [0.25, 0.3) is 0 Å². The lowest BCUT2D eigenvalue weighted by atomic mass is 9.56. The van der Waals surface area contributed by atoms with Crippen molar-refractivity contribution in [2.45, 2.75) is 87.1 Å². The third kappa shape index (κ3) is 2.38. The Morgan fingerprint density at radius 3 is 1.63 bits per heavy atom. The van der Waals surface area contributed by atoms with Crippen LogP contribution in [0.2, 0.25) is 0 Å². The van der Waals surface area contributed by atoms with Crippen molar-refractivity contribution in [2.24, 2.45) is 35.5 Å². The molecule has 9 rings (SSSR count). The van der Waals surface area contributed by atoms with Gasteiger partial charge in [0.05, 0.1) is 0 Å². The average Bonchev–Trinajstić information content (AvgIpc) is 3.06. The van der Waals surface area contributed by atoms with Crippen molar-refractivity contribution in [1.29, 1.82) is 0 Å². The highest BCUT2D eigenvalue weighted by molar-refractivity contribution is 7.60. The van der Waals surface area contributed by atoms with Crippen molar-refractivity contribution in [2.75, 3.05) is 0 Å². The van der Waals surface area contributed by atoms with Crippen molar-refractivity contribution in [3.63, 3.8) is 0 Å². The molecule has 0 N–H and O–H groups in total. The minimum Gasteiger partial charge on any atom is -0.0894 e. The van der Waals surface area contributed by atoms with E-state index in [-0.39, 0.29) is 7.92 Å². The quantitative estimate of drug-likeness (QED) is 0.485. The van der Waals surface area contributed by atoms with E-state index in [4.69, 9.17) is 0 Å². The molecule has 0 saturated heterocycles. The largest absolute Gasteiger partial charge is 0.0894 e. The maximum Gasteiger partial charge on any atom is -0.00631 e. The summed E-state index contributed by atoms with van der Waals surface area (Å²) in [5, 5.41) is 1.59. The van der Waals surface area contributed by atoms with Crippen LogP contribution < -0.4 is 0 Å². The van der Waals surface area contributed by atoms with E-state index in [0.29, 0.717) is 0 Å². The molecule has 1 heteroatoms. The minimum atomic E-state index is 0.132. The maximum atomic E-state index is 2.46. The lowest BCUT2D eigenvalue weighted by Crippen LogP contribution is -2.52. The van der Waals surface area contributed by atoms with Crippen LogP contribution in [0.25, 0.3) is 0 Å². The second-order valence-electron chi connectivity index (χ2n) is 11.9. The summed E-state index contributed by atoms with van der Waals surface area (Å²) in [6.45, 7) is 0. The molecule has 3 atom stereocenters. The second-order valence-corrected chi connectivity index (χ2v) is 15.0. The highest BCUT2D eigenvalue weighted by atomic mass is 31.1. The zero-order valence-corrected chi connectivity index (χ0v) is 17.7. The molecule has 0 spiro atoms. The van der Waals surface area contributed by atoms with Crippen LogP contribution >= 0.6 is 7.92 Å². The molecule has 8 fully saturated rings. The van der Waals surface area contributed by atoms with Crippen molar-refractivity contribution >= 4 is 7.92 Å². The summed E-state index contributed by atoms with van der Waals surface area (Å²) in [6, 6.07) is 11.7. The first-order chi connectivity index (χ1) is 13.2. The summed E-state index contributed by atoms with van der Waals surface area (Å²) in [7, 11) is 0.132. The Morgan fingerprint density at radius 1 is 0.630 bits per heavy atom. The van der Waals surface area contributed by atoms with Gasteiger partial charge in [-0.2, -0.15) is 0 Å². The van der Waals surface area contributed by atoms with E-state index >= 15 is 0 Å². The molecule has 8 aliphatic rings. The summed E-state index contributed by atoms with van der Waals surface area (Å²) in [4.78, 5) is 0. The fourth-order valence-corrected chi connectivity index (χ4v) is 15.2. The summed E-state index contributed by atoms with van der Waals surface area (Å²) < 4.78 is 0. The first kappa shape index (κ1) is 16.4. The van der Waals surface area contributed by atoms with Crippen LogP contribution in [0.3, 0.4) is 0 Å². The Labute approximate surface area is 166 Å². The third-order valence-corrected chi connectivity index (χ3v) is 14.3. The Hall–Kier alpha value is -0.350. The second kappa shape index (κ2) is 5.62. The van der Waals surface area contributed by atoms with E-state index in [0.717, 1.165) is 45.8 Å². The Balaban J connectivity index is 1.31. The lowest BCUT2D eigenvalue weighted by molar-refractivity contribution is 0.0338. The fourth-order valence-electron chi connectivity index (χ4n) is 10.1. The third-order valence-electron chi connectivity index (χ3n) is 10.2. The predicted molar refractivity (Wildman–Crippen MR) is 114 cm³/mol. The molecule has 0 heterocycles. The first-order valence-corrected chi connectivity index (χ1v) is 13.5. The van der Waals surface area contributed by atoms with Gasteiger partial charge in [0, 0.05) is 0 Å². The minimum absolute atomic E-state index is 0.132. The molecule has 0 nitrogen and oxygen atoms in total. The fraction of sp³-hybridized carbons (Fsp3) is 0.769. The topological polar surface area (TPSA) is 0 Å². The van der Waals surface area contributed by atoms with Crippen LogP contribution in [0, 0.1) is 35.5 Å². The standard InChI is InChI=1S/C26H35P/c1-2-4-18(5-3-1)17-27(26-14-22-9-23(15-26)24(10-22)16-26)25-11-19-6-20(12-25)8-21(7-19)13-25/h1-5,19-24H,6-17H2. The van der Waals surface area contributed by atoms with Crippen molar-refractivity contribution < 1.29 is 0 Å². The molecule has 144 valence electrons. The van der Waals surface area contributed by atoms with Gasteiger partial charge < -0.3 is 0 Å². The van der Waals surface area contributed by atoms with E-state index < -0.39 is 0 Å². The molecular weight excluding hydrogens is 343 g/mol. The SMILES string of the molecule is c1ccc(CP(C23CC4CC(CC(C4)C2)C3)C23CC4CC(C2)C(C4)C3)cc1. The summed E-state index contributed by atoms with van der Waals surface area (Å²) in [5.74, 6) is 6.74. The molecule has 0 amide bonds.